The largest absolute Gasteiger partial charge is 0.355 e. The molecule has 7 heteroatoms. The van der Waals surface area contributed by atoms with Crippen LogP contribution in [-0.2, 0) is 4.79 Å². The molecule has 0 unspecified atom stereocenters. The zero-order valence-corrected chi connectivity index (χ0v) is 17.7. The van der Waals surface area contributed by atoms with Gasteiger partial charge >= 0.3 is 0 Å². The summed E-state index contributed by atoms with van der Waals surface area (Å²) in [4.78, 5) is 29.3. The zero-order chi connectivity index (χ0) is 20.5. The second kappa shape index (κ2) is 8.22. The molecule has 0 spiro atoms. The molecular weight excluding hydrogens is 376 g/mol. The van der Waals surface area contributed by atoms with Crippen molar-refractivity contribution in [3.63, 3.8) is 0 Å². The van der Waals surface area contributed by atoms with E-state index in [-0.39, 0.29) is 5.92 Å². The first-order valence-electron chi connectivity index (χ1n) is 11.2. The molecular formula is C23H30N6O. The Bertz CT molecular complexity index is 1030. The number of piperazine rings is 1. The number of pyridine rings is 1. The summed E-state index contributed by atoms with van der Waals surface area (Å²) >= 11 is 0. The van der Waals surface area contributed by atoms with Gasteiger partial charge in [0.15, 0.2) is 11.5 Å². The van der Waals surface area contributed by atoms with E-state index >= 15 is 0 Å². The van der Waals surface area contributed by atoms with E-state index in [1.54, 1.807) is 6.20 Å². The van der Waals surface area contributed by atoms with Crippen LogP contribution in [0.1, 0.15) is 26.2 Å². The van der Waals surface area contributed by atoms with Crippen LogP contribution < -0.4 is 4.90 Å². The Hall–Kier alpha value is -2.67. The summed E-state index contributed by atoms with van der Waals surface area (Å²) in [6.45, 7) is 8.85. The average molecular weight is 407 g/mol. The fourth-order valence-electron chi connectivity index (χ4n) is 4.93. The number of carbonyl (C=O) groups excluding carboxylic acids is 1. The number of carbonyl (C=O) groups is 1. The van der Waals surface area contributed by atoms with Gasteiger partial charge in [0.1, 0.15) is 0 Å². The molecule has 0 aliphatic carbocycles. The standard InChI is InChI=1S/C23H30N6O/c1-2-10-26-14-16-28(17-15-26)23(30)18-7-12-27(13-8-18)22-20-6-4-11-29(20)19-5-3-9-24-21(19)25-22/h3-6,9,11,18H,2,7-8,10,12-17H2,1H3. The van der Waals surface area contributed by atoms with Crippen molar-refractivity contribution in [2.75, 3.05) is 50.7 Å². The zero-order valence-electron chi connectivity index (χ0n) is 17.7. The maximum Gasteiger partial charge on any atom is 0.225 e. The molecule has 0 N–H and O–H groups in total. The molecule has 2 aliphatic heterocycles. The minimum absolute atomic E-state index is 0.139. The van der Waals surface area contributed by atoms with E-state index in [1.165, 1.54) is 6.42 Å². The van der Waals surface area contributed by atoms with E-state index in [0.29, 0.717) is 5.91 Å². The normalized spacial score (nSPS) is 19.1. The highest BCUT2D eigenvalue weighted by molar-refractivity contribution is 5.83. The molecule has 2 saturated heterocycles. The molecule has 3 aromatic heterocycles. The monoisotopic (exact) mass is 406 g/mol. The lowest BCUT2D eigenvalue weighted by Gasteiger charge is -2.38. The van der Waals surface area contributed by atoms with Gasteiger partial charge in [-0.3, -0.25) is 9.69 Å². The van der Waals surface area contributed by atoms with Gasteiger partial charge in [0.05, 0.1) is 11.0 Å². The lowest BCUT2D eigenvalue weighted by Crippen LogP contribution is -2.51. The smallest absolute Gasteiger partial charge is 0.225 e. The predicted octanol–water partition coefficient (Wildman–Crippen LogP) is 2.65. The van der Waals surface area contributed by atoms with Crippen LogP contribution in [0.4, 0.5) is 5.82 Å². The van der Waals surface area contributed by atoms with E-state index in [9.17, 15) is 4.79 Å². The highest BCUT2D eigenvalue weighted by Crippen LogP contribution is 2.29. The molecule has 7 nitrogen and oxygen atoms in total. The number of anilines is 1. The first kappa shape index (κ1) is 19.3. The maximum absolute atomic E-state index is 13.1. The van der Waals surface area contributed by atoms with Crippen molar-refractivity contribution in [2.24, 2.45) is 5.92 Å². The molecule has 0 aromatic carbocycles. The SMILES string of the molecule is CCCN1CCN(C(=O)C2CCN(c3nc4ncccc4n4cccc34)CC2)CC1. The Morgan fingerprint density at radius 2 is 1.80 bits per heavy atom. The summed E-state index contributed by atoms with van der Waals surface area (Å²) in [6.07, 6.45) is 6.82. The fraction of sp³-hybridized carbons (Fsp3) is 0.522. The quantitative estimate of drug-likeness (QED) is 0.667. The van der Waals surface area contributed by atoms with Crippen LogP contribution in [0.5, 0.6) is 0 Å². The second-order valence-corrected chi connectivity index (χ2v) is 8.47. The first-order valence-corrected chi connectivity index (χ1v) is 11.2. The van der Waals surface area contributed by atoms with Crippen molar-refractivity contribution in [2.45, 2.75) is 26.2 Å². The van der Waals surface area contributed by atoms with E-state index in [4.69, 9.17) is 4.98 Å². The Morgan fingerprint density at radius 3 is 2.57 bits per heavy atom. The Kier molecular flexibility index (Phi) is 5.29. The number of rotatable bonds is 4. The number of hydrogen-bond acceptors (Lipinski definition) is 5. The molecule has 0 atom stereocenters. The van der Waals surface area contributed by atoms with Crippen LogP contribution in [-0.4, -0.2) is 75.9 Å². The topological polar surface area (TPSA) is 57.0 Å². The number of aromatic nitrogens is 3. The number of hydrogen-bond donors (Lipinski definition) is 0. The molecule has 3 aromatic rings. The van der Waals surface area contributed by atoms with Crippen molar-refractivity contribution in [3.05, 3.63) is 36.7 Å². The van der Waals surface area contributed by atoms with Crippen molar-refractivity contribution >= 4 is 28.4 Å². The third-order valence-electron chi connectivity index (χ3n) is 6.58. The number of nitrogens with zero attached hydrogens (tertiary/aromatic N) is 6. The number of amides is 1. The lowest BCUT2D eigenvalue weighted by atomic mass is 9.95. The summed E-state index contributed by atoms with van der Waals surface area (Å²) in [6, 6.07) is 8.17. The average Bonchev–Trinajstić information content (AvgIpc) is 3.29. The van der Waals surface area contributed by atoms with Gasteiger partial charge in [-0.25, -0.2) is 9.97 Å². The highest BCUT2D eigenvalue weighted by atomic mass is 16.2. The maximum atomic E-state index is 13.1. The molecule has 5 rings (SSSR count). The van der Waals surface area contributed by atoms with Crippen molar-refractivity contribution in [3.8, 4) is 0 Å². The lowest BCUT2D eigenvalue weighted by molar-refractivity contribution is -0.138. The third kappa shape index (κ3) is 3.51. The van der Waals surface area contributed by atoms with Gasteiger partial charge in [0, 0.05) is 57.6 Å². The molecule has 30 heavy (non-hydrogen) atoms. The molecule has 0 saturated carbocycles. The molecule has 2 aliphatic rings. The number of piperidine rings is 1. The van der Waals surface area contributed by atoms with Gasteiger partial charge in [-0.1, -0.05) is 6.92 Å². The molecule has 2 fully saturated rings. The minimum atomic E-state index is 0.139. The van der Waals surface area contributed by atoms with Gasteiger partial charge in [-0.2, -0.15) is 0 Å². The summed E-state index contributed by atoms with van der Waals surface area (Å²) in [5.41, 5.74) is 2.89. The van der Waals surface area contributed by atoms with E-state index in [0.717, 1.165) is 81.2 Å². The van der Waals surface area contributed by atoms with E-state index < -0.39 is 0 Å². The Balaban J connectivity index is 1.27. The van der Waals surface area contributed by atoms with Crippen molar-refractivity contribution < 1.29 is 4.79 Å². The van der Waals surface area contributed by atoms with Crippen LogP contribution in [0.2, 0.25) is 0 Å². The second-order valence-electron chi connectivity index (χ2n) is 8.47. The highest BCUT2D eigenvalue weighted by Gasteiger charge is 2.31. The van der Waals surface area contributed by atoms with Crippen LogP contribution >= 0.6 is 0 Å². The molecule has 0 radical (unpaired) electrons. The number of fused-ring (bicyclic) bond motifs is 3. The third-order valence-corrected chi connectivity index (χ3v) is 6.58. The Labute approximate surface area is 177 Å². The van der Waals surface area contributed by atoms with Crippen molar-refractivity contribution in [1.82, 2.24) is 24.2 Å². The molecule has 1 amide bonds. The van der Waals surface area contributed by atoms with Gasteiger partial charge in [0.25, 0.3) is 0 Å². The van der Waals surface area contributed by atoms with Crippen molar-refractivity contribution in [1.29, 1.82) is 0 Å². The summed E-state index contributed by atoms with van der Waals surface area (Å²) in [5.74, 6) is 1.47. The predicted molar refractivity (Wildman–Crippen MR) is 119 cm³/mol. The minimum Gasteiger partial charge on any atom is -0.355 e. The van der Waals surface area contributed by atoms with E-state index in [1.807, 2.05) is 6.07 Å². The summed E-state index contributed by atoms with van der Waals surface area (Å²) < 4.78 is 2.16. The molecule has 158 valence electrons. The molecule has 0 bridgehead atoms. The fourth-order valence-corrected chi connectivity index (χ4v) is 4.93. The van der Waals surface area contributed by atoms with Gasteiger partial charge in [0.2, 0.25) is 5.91 Å². The van der Waals surface area contributed by atoms with Gasteiger partial charge < -0.3 is 14.2 Å². The van der Waals surface area contributed by atoms with Gasteiger partial charge in [-0.15, -0.1) is 0 Å². The first-order chi connectivity index (χ1) is 14.7. The van der Waals surface area contributed by atoms with Gasteiger partial charge in [-0.05, 0) is 50.1 Å². The Morgan fingerprint density at radius 1 is 1.03 bits per heavy atom. The summed E-state index contributed by atoms with van der Waals surface area (Å²) in [7, 11) is 0. The molecule has 5 heterocycles. The summed E-state index contributed by atoms with van der Waals surface area (Å²) in [5, 5.41) is 0. The van der Waals surface area contributed by atoms with Crippen LogP contribution in [0.3, 0.4) is 0 Å². The van der Waals surface area contributed by atoms with Crippen LogP contribution in [0.15, 0.2) is 36.7 Å². The van der Waals surface area contributed by atoms with Crippen LogP contribution in [0, 0.1) is 5.92 Å². The van der Waals surface area contributed by atoms with E-state index in [2.05, 4.69) is 55.4 Å². The van der Waals surface area contributed by atoms with Crippen LogP contribution in [0.25, 0.3) is 16.7 Å².